The van der Waals surface area contributed by atoms with Crippen LogP contribution in [-0.4, -0.2) is 24.5 Å². The van der Waals surface area contributed by atoms with Gasteiger partial charge in [0.2, 0.25) is 0 Å². The summed E-state index contributed by atoms with van der Waals surface area (Å²) in [4.78, 5) is 2.32. The van der Waals surface area contributed by atoms with Crippen molar-refractivity contribution >= 4 is 23.2 Å². The van der Waals surface area contributed by atoms with Crippen LogP contribution in [0.2, 0.25) is 10.0 Å². The topological polar surface area (TPSA) is 29.3 Å². The highest BCUT2D eigenvalue weighted by molar-refractivity contribution is 6.35. The normalized spacial score (nSPS) is 22.5. The number of halogens is 3. The molecule has 1 heterocycles. The third-order valence-corrected chi connectivity index (χ3v) is 4.54. The molecule has 2 atom stereocenters. The molecule has 0 amide bonds. The summed E-state index contributed by atoms with van der Waals surface area (Å²) in [5.41, 5.74) is 6.54. The molecule has 0 aromatic heterocycles. The minimum absolute atomic E-state index is 0.0689. The number of nitrogens with zero attached hydrogens (tertiary/aromatic N) is 1. The van der Waals surface area contributed by atoms with Gasteiger partial charge in [-0.15, -0.1) is 0 Å². The van der Waals surface area contributed by atoms with Crippen molar-refractivity contribution in [3.8, 4) is 0 Å². The van der Waals surface area contributed by atoms with E-state index in [1.54, 1.807) is 0 Å². The number of benzene rings is 1. The Morgan fingerprint density at radius 1 is 1.42 bits per heavy atom. The van der Waals surface area contributed by atoms with Crippen LogP contribution < -0.4 is 5.73 Å². The molecule has 0 radical (unpaired) electrons. The van der Waals surface area contributed by atoms with Gasteiger partial charge in [-0.25, -0.2) is 4.39 Å². The molecule has 1 fully saturated rings. The number of hydrogen-bond acceptors (Lipinski definition) is 2. The van der Waals surface area contributed by atoms with Crippen molar-refractivity contribution in [1.82, 2.24) is 4.90 Å². The molecule has 0 aliphatic carbocycles. The van der Waals surface area contributed by atoms with E-state index in [9.17, 15) is 4.39 Å². The van der Waals surface area contributed by atoms with E-state index in [1.165, 1.54) is 18.6 Å². The maximum absolute atomic E-state index is 13.6. The number of nitrogens with two attached hydrogens (primary N) is 1. The van der Waals surface area contributed by atoms with Gasteiger partial charge in [0.25, 0.3) is 0 Å². The fourth-order valence-electron chi connectivity index (χ4n) is 2.70. The number of rotatable bonds is 3. The van der Waals surface area contributed by atoms with Crippen LogP contribution in [0.3, 0.4) is 0 Å². The highest BCUT2D eigenvalue weighted by Crippen LogP contribution is 2.33. The van der Waals surface area contributed by atoms with Gasteiger partial charge >= 0.3 is 0 Å². The molecule has 0 saturated carbocycles. The first-order valence-electron chi connectivity index (χ1n) is 6.61. The van der Waals surface area contributed by atoms with Crippen LogP contribution in [0, 0.1) is 11.7 Å². The smallest absolute Gasteiger partial charge is 0.142 e. The largest absolute Gasteiger partial charge is 0.330 e. The molecular weight excluding hydrogens is 286 g/mol. The van der Waals surface area contributed by atoms with Crippen molar-refractivity contribution in [2.75, 3.05) is 19.6 Å². The predicted molar refractivity (Wildman–Crippen MR) is 78.2 cm³/mol. The molecule has 0 bridgehead atoms. The zero-order chi connectivity index (χ0) is 14.0. The Morgan fingerprint density at radius 2 is 2.16 bits per heavy atom. The van der Waals surface area contributed by atoms with E-state index < -0.39 is 5.82 Å². The lowest BCUT2D eigenvalue weighted by atomic mass is 9.95. The summed E-state index contributed by atoms with van der Waals surface area (Å²) in [6.45, 7) is 4.69. The molecular formula is C14H19Cl2FN2. The third-order valence-electron chi connectivity index (χ3n) is 3.92. The molecule has 106 valence electrons. The summed E-state index contributed by atoms with van der Waals surface area (Å²) >= 11 is 11.9. The molecule has 0 spiro atoms. The highest BCUT2D eigenvalue weighted by Gasteiger charge is 2.25. The van der Waals surface area contributed by atoms with E-state index in [0.717, 1.165) is 25.1 Å². The van der Waals surface area contributed by atoms with Gasteiger partial charge in [-0.2, -0.15) is 0 Å². The molecule has 1 aliphatic rings. The van der Waals surface area contributed by atoms with Gasteiger partial charge in [0.15, 0.2) is 0 Å². The molecule has 1 aromatic rings. The molecule has 2 nitrogen and oxygen atoms in total. The zero-order valence-electron chi connectivity index (χ0n) is 11.0. The van der Waals surface area contributed by atoms with Crippen LogP contribution in [-0.2, 0) is 0 Å². The van der Waals surface area contributed by atoms with Crippen molar-refractivity contribution in [2.45, 2.75) is 25.8 Å². The fourth-order valence-corrected chi connectivity index (χ4v) is 3.24. The van der Waals surface area contributed by atoms with Crippen LogP contribution in [0.5, 0.6) is 0 Å². The van der Waals surface area contributed by atoms with Crippen molar-refractivity contribution in [1.29, 1.82) is 0 Å². The van der Waals surface area contributed by atoms with Gasteiger partial charge in [0, 0.05) is 17.6 Å². The lowest BCUT2D eigenvalue weighted by Gasteiger charge is -2.37. The average Bonchev–Trinajstić information content (AvgIpc) is 2.42. The van der Waals surface area contributed by atoms with E-state index in [2.05, 4.69) is 4.90 Å². The maximum atomic E-state index is 13.6. The number of likely N-dealkylation sites (tertiary alicyclic amines) is 1. The first kappa shape index (κ1) is 15.0. The SMILES string of the molecule is CC(c1cc(F)c(Cl)cc1Cl)N1CCCC(CN)C1. The van der Waals surface area contributed by atoms with E-state index >= 15 is 0 Å². The van der Waals surface area contributed by atoms with E-state index in [1.807, 2.05) is 6.92 Å². The minimum Gasteiger partial charge on any atom is -0.330 e. The van der Waals surface area contributed by atoms with Gasteiger partial charge < -0.3 is 5.73 Å². The Hall–Kier alpha value is -0.350. The summed E-state index contributed by atoms with van der Waals surface area (Å²) in [5.74, 6) is 0.104. The van der Waals surface area contributed by atoms with Gasteiger partial charge in [-0.05, 0) is 56.5 Å². The summed E-state index contributed by atoms with van der Waals surface area (Å²) in [6.07, 6.45) is 2.29. The van der Waals surface area contributed by atoms with Crippen molar-refractivity contribution < 1.29 is 4.39 Å². The molecule has 2 N–H and O–H groups in total. The van der Waals surface area contributed by atoms with Crippen molar-refractivity contribution in [3.63, 3.8) is 0 Å². The number of hydrogen-bond donors (Lipinski definition) is 1. The van der Waals surface area contributed by atoms with E-state index in [0.29, 0.717) is 17.5 Å². The summed E-state index contributed by atoms with van der Waals surface area (Å²) in [6, 6.07) is 3.00. The van der Waals surface area contributed by atoms with Crippen molar-refractivity contribution in [3.05, 3.63) is 33.6 Å². The Bertz CT molecular complexity index is 453. The summed E-state index contributed by atoms with van der Waals surface area (Å²) in [7, 11) is 0. The second-order valence-electron chi connectivity index (χ2n) is 5.20. The van der Waals surface area contributed by atoms with Gasteiger partial charge in [-0.1, -0.05) is 23.2 Å². The summed E-state index contributed by atoms with van der Waals surface area (Å²) in [5, 5.41) is 0.591. The van der Waals surface area contributed by atoms with Crippen LogP contribution in [0.1, 0.15) is 31.4 Å². The second kappa shape index (κ2) is 6.40. The average molecular weight is 305 g/mol. The monoisotopic (exact) mass is 304 g/mol. The minimum atomic E-state index is -0.416. The molecule has 19 heavy (non-hydrogen) atoms. The van der Waals surface area contributed by atoms with Crippen molar-refractivity contribution in [2.24, 2.45) is 11.7 Å². The standard InChI is InChI=1S/C14H19Cl2FN2/c1-9(19-4-2-3-10(7-18)8-19)11-5-14(17)13(16)6-12(11)15/h5-6,9-10H,2-4,7-8,18H2,1H3. The molecule has 2 unspecified atom stereocenters. The quantitative estimate of drug-likeness (QED) is 0.859. The Morgan fingerprint density at radius 3 is 2.84 bits per heavy atom. The lowest BCUT2D eigenvalue weighted by molar-refractivity contribution is 0.134. The molecule has 1 aliphatic heterocycles. The Balaban J connectivity index is 2.19. The Kier molecular flexibility index (Phi) is 5.07. The van der Waals surface area contributed by atoms with Crippen LogP contribution in [0.25, 0.3) is 0 Å². The predicted octanol–water partition coefficient (Wildman–Crippen LogP) is 3.86. The zero-order valence-corrected chi connectivity index (χ0v) is 12.5. The van der Waals surface area contributed by atoms with Gasteiger partial charge in [0.1, 0.15) is 5.82 Å². The Labute approximate surface area is 123 Å². The molecule has 1 saturated heterocycles. The summed E-state index contributed by atoms with van der Waals surface area (Å²) < 4.78 is 13.6. The van der Waals surface area contributed by atoms with E-state index in [4.69, 9.17) is 28.9 Å². The highest BCUT2D eigenvalue weighted by atomic mass is 35.5. The van der Waals surface area contributed by atoms with Crippen LogP contribution >= 0.6 is 23.2 Å². The lowest BCUT2D eigenvalue weighted by Crippen LogP contribution is -2.39. The van der Waals surface area contributed by atoms with Gasteiger partial charge in [0.05, 0.1) is 5.02 Å². The number of piperidine rings is 1. The molecule has 1 aromatic carbocycles. The first-order valence-corrected chi connectivity index (χ1v) is 7.37. The second-order valence-corrected chi connectivity index (χ2v) is 6.02. The fraction of sp³-hybridized carbons (Fsp3) is 0.571. The van der Waals surface area contributed by atoms with E-state index in [-0.39, 0.29) is 11.1 Å². The first-order chi connectivity index (χ1) is 9.02. The van der Waals surface area contributed by atoms with Crippen LogP contribution in [0.4, 0.5) is 4.39 Å². The third kappa shape index (κ3) is 3.40. The maximum Gasteiger partial charge on any atom is 0.142 e. The molecule has 2 rings (SSSR count). The molecule has 5 heteroatoms. The van der Waals surface area contributed by atoms with Gasteiger partial charge in [-0.3, -0.25) is 4.90 Å². The van der Waals surface area contributed by atoms with Crippen LogP contribution in [0.15, 0.2) is 12.1 Å².